The number of fused-ring (bicyclic) bond motifs is 2. The summed E-state index contributed by atoms with van der Waals surface area (Å²) >= 11 is 0. The first-order valence-electron chi connectivity index (χ1n) is 8.24. The first kappa shape index (κ1) is 17.1. The van der Waals surface area contributed by atoms with Crippen molar-refractivity contribution in [2.75, 3.05) is 18.9 Å². The lowest BCUT2D eigenvalue weighted by molar-refractivity contribution is -0.199. The van der Waals surface area contributed by atoms with Crippen molar-refractivity contribution in [2.45, 2.75) is 44.2 Å². The van der Waals surface area contributed by atoms with Crippen LogP contribution in [0.2, 0.25) is 0 Å². The fourth-order valence-electron chi connectivity index (χ4n) is 3.34. The number of hydrogen-bond acceptors (Lipinski definition) is 9. The van der Waals surface area contributed by atoms with E-state index in [0.717, 1.165) is 0 Å². The van der Waals surface area contributed by atoms with Crippen LogP contribution in [0.1, 0.15) is 25.9 Å². The summed E-state index contributed by atoms with van der Waals surface area (Å²) in [7, 11) is 0. The summed E-state index contributed by atoms with van der Waals surface area (Å²) in [6, 6.07) is 0. The molecule has 10 nitrogen and oxygen atoms in total. The highest BCUT2D eigenvalue weighted by atomic mass is 16.8. The fourth-order valence-corrected chi connectivity index (χ4v) is 3.34. The molecular weight excluding hydrogens is 340 g/mol. The maximum absolute atomic E-state index is 9.64. The van der Waals surface area contributed by atoms with Gasteiger partial charge in [-0.15, -0.1) is 0 Å². The quantitative estimate of drug-likeness (QED) is 0.582. The van der Waals surface area contributed by atoms with Gasteiger partial charge in [-0.2, -0.15) is 0 Å². The first-order valence-corrected chi connectivity index (χ1v) is 8.24. The van der Waals surface area contributed by atoms with Crippen LogP contribution in [0.5, 0.6) is 0 Å². The van der Waals surface area contributed by atoms with Gasteiger partial charge >= 0.3 is 0 Å². The lowest BCUT2D eigenvalue weighted by Crippen LogP contribution is -2.31. The minimum absolute atomic E-state index is 0.186. The molecule has 2 aliphatic heterocycles. The van der Waals surface area contributed by atoms with Crippen molar-refractivity contribution in [1.82, 2.24) is 19.5 Å². The van der Waals surface area contributed by atoms with Crippen molar-refractivity contribution < 1.29 is 19.3 Å². The molecule has 0 amide bonds. The number of hydrogen-bond donors (Lipinski definition) is 3. The number of imidazole rings is 1. The second kappa shape index (κ2) is 6.15. The van der Waals surface area contributed by atoms with Crippen molar-refractivity contribution >= 4 is 17.0 Å². The van der Waals surface area contributed by atoms with E-state index in [-0.39, 0.29) is 24.8 Å². The Labute approximate surface area is 149 Å². The molecule has 2 saturated heterocycles. The van der Waals surface area contributed by atoms with E-state index in [0.29, 0.717) is 11.2 Å². The summed E-state index contributed by atoms with van der Waals surface area (Å²) in [4.78, 5) is 12.8. The number of ether oxygens (including phenoxy) is 3. The van der Waals surface area contributed by atoms with Gasteiger partial charge < -0.3 is 30.8 Å². The number of aromatic nitrogens is 4. The molecule has 1 unspecified atom stereocenters. The van der Waals surface area contributed by atoms with Crippen molar-refractivity contribution in [3.8, 4) is 11.8 Å². The third-order valence-corrected chi connectivity index (χ3v) is 4.33. The second-order valence-corrected chi connectivity index (χ2v) is 6.57. The Morgan fingerprint density at radius 3 is 2.81 bits per heavy atom. The smallest absolute Gasteiger partial charge is 0.209 e. The predicted octanol–water partition coefficient (Wildman–Crippen LogP) is -0.871. The van der Waals surface area contributed by atoms with Crippen LogP contribution >= 0.6 is 0 Å². The van der Waals surface area contributed by atoms with E-state index in [2.05, 4.69) is 26.8 Å². The van der Waals surface area contributed by atoms with E-state index in [1.165, 1.54) is 0 Å². The molecule has 2 aliphatic rings. The summed E-state index contributed by atoms with van der Waals surface area (Å²) < 4.78 is 19.5. The third kappa shape index (κ3) is 2.70. The molecule has 4 rings (SSSR count). The third-order valence-electron chi connectivity index (χ3n) is 4.33. The van der Waals surface area contributed by atoms with Crippen LogP contribution in [-0.4, -0.2) is 61.9 Å². The zero-order chi connectivity index (χ0) is 18.5. The van der Waals surface area contributed by atoms with Gasteiger partial charge in [-0.05, 0) is 19.8 Å². The number of anilines is 1. The largest absolute Gasteiger partial charge is 0.394 e. The van der Waals surface area contributed by atoms with E-state index >= 15 is 0 Å². The Kier molecular flexibility index (Phi) is 4.06. The molecule has 2 fully saturated rings. The monoisotopic (exact) mass is 360 g/mol. The van der Waals surface area contributed by atoms with Crippen LogP contribution in [-0.2, 0) is 14.2 Å². The van der Waals surface area contributed by atoms with Crippen LogP contribution in [0, 0.1) is 11.8 Å². The number of nitrogen functional groups attached to an aromatic ring is 1. The molecule has 0 radical (unpaired) electrons. The summed E-state index contributed by atoms with van der Waals surface area (Å²) in [6.07, 6.45) is -0.345. The highest BCUT2D eigenvalue weighted by molar-refractivity contribution is 5.82. The van der Waals surface area contributed by atoms with Gasteiger partial charge in [0.1, 0.15) is 23.8 Å². The summed E-state index contributed by atoms with van der Waals surface area (Å²) in [5, 5.41) is 9.64. The molecule has 0 spiro atoms. The predicted molar refractivity (Wildman–Crippen MR) is 90.5 cm³/mol. The van der Waals surface area contributed by atoms with Crippen LogP contribution < -0.4 is 11.5 Å². The summed E-state index contributed by atoms with van der Waals surface area (Å²) in [6.45, 7) is 3.65. The zero-order valence-electron chi connectivity index (χ0n) is 14.4. The van der Waals surface area contributed by atoms with Crippen LogP contribution in [0.15, 0.2) is 6.33 Å². The Morgan fingerprint density at radius 1 is 1.31 bits per heavy atom. The first-order chi connectivity index (χ1) is 12.4. The number of aliphatic hydroxyl groups excluding tert-OH is 1. The van der Waals surface area contributed by atoms with Crippen molar-refractivity contribution in [2.24, 2.45) is 5.73 Å². The van der Waals surface area contributed by atoms with E-state index in [1.807, 2.05) is 13.8 Å². The Hall–Kier alpha value is -2.29. The Bertz CT molecular complexity index is 901. The van der Waals surface area contributed by atoms with Crippen molar-refractivity contribution in [3.63, 3.8) is 0 Å². The molecule has 10 heteroatoms. The van der Waals surface area contributed by atoms with Gasteiger partial charge in [0.2, 0.25) is 5.82 Å². The fraction of sp³-hybridized carbons (Fsp3) is 0.562. The molecule has 0 bridgehead atoms. The standard InChI is InChI=1S/C16H20N6O4/c1-16(2)25-11-8(6-23)24-15(12(11)26-16)22-7-19-10-13(18)20-9(4-3-5-17)21-14(10)22/h7-8,11-12,15,23H,5-6,17H2,1-2H3,(H2,18,20,21)/t8-,11?,12+,15-/m0/s1. The molecule has 5 N–H and O–H groups in total. The normalized spacial score (nSPS) is 29.5. The van der Waals surface area contributed by atoms with Gasteiger partial charge in [0.25, 0.3) is 0 Å². The summed E-state index contributed by atoms with van der Waals surface area (Å²) in [5.74, 6) is 5.16. The lowest BCUT2D eigenvalue weighted by Gasteiger charge is -2.24. The van der Waals surface area contributed by atoms with E-state index in [4.69, 9.17) is 25.7 Å². The van der Waals surface area contributed by atoms with Gasteiger partial charge in [0.05, 0.1) is 19.5 Å². The van der Waals surface area contributed by atoms with Crippen molar-refractivity contribution in [1.29, 1.82) is 0 Å². The SMILES string of the molecule is CC1(C)OC2[C@H](CO)O[C@H](n3cnc4c(N)nc(C#CCN)nc43)[C@@H]2O1. The van der Waals surface area contributed by atoms with Crippen LogP contribution in [0.25, 0.3) is 11.2 Å². The lowest BCUT2D eigenvalue weighted by atomic mass is 10.1. The number of aliphatic hydroxyl groups is 1. The van der Waals surface area contributed by atoms with E-state index in [1.54, 1.807) is 10.9 Å². The van der Waals surface area contributed by atoms with Gasteiger partial charge in [-0.1, -0.05) is 5.92 Å². The topological polar surface area (TPSA) is 144 Å². The van der Waals surface area contributed by atoms with Gasteiger partial charge in [-0.3, -0.25) is 4.57 Å². The second-order valence-electron chi connectivity index (χ2n) is 6.57. The molecule has 0 aliphatic carbocycles. The van der Waals surface area contributed by atoms with Crippen LogP contribution in [0.4, 0.5) is 5.82 Å². The molecular formula is C16H20N6O4. The average molecular weight is 360 g/mol. The molecule has 0 saturated carbocycles. The number of nitrogens with zero attached hydrogens (tertiary/aromatic N) is 4. The maximum Gasteiger partial charge on any atom is 0.209 e. The maximum atomic E-state index is 9.64. The van der Waals surface area contributed by atoms with E-state index < -0.39 is 30.3 Å². The average Bonchev–Trinajstić information content (AvgIpc) is 3.23. The zero-order valence-corrected chi connectivity index (χ0v) is 14.4. The highest BCUT2D eigenvalue weighted by Gasteiger charge is 2.55. The Morgan fingerprint density at radius 2 is 2.08 bits per heavy atom. The minimum Gasteiger partial charge on any atom is -0.394 e. The summed E-state index contributed by atoms with van der Waals surface area (Å²) in [5.41, 5.74) is 12.3. The molecule has 138 valence electrons. The minimum atomic E-state index is -0.771. The molecule has 4 atom stereocenters. The van der Waals surface area contributed by atoms with Gasteiger partial charge in [0.15, 0.2) is 23.5 Å². The van der Waals surface area contributed by atoms with Gasteiger partial charge in [0, 0.05) is 0 Å². The number of nitrogens with two attached hydrogens (primary N) is 2. The van der Waals surface area contributed by atoms with Crippen molar-refractivity contribution in [3.05, 3.63) is 12.2 Å². The molecule has 2 aromatic heterocycles. The van der Waals surface area contributed by atoms with Crippen LogP contribution in [0.3, 0.4) is 0 Å². The Balaban J connectivity index is 1.78. The highest BCUT2D eigenvalue weighted by Crippen LogP contribution is 2.43. The van der Waals surface area contributed by atoms with E-state index in [9.17, 15) is 5.11 Å². The molecule has 2 aromatic rings. The number of rotatable bonds is 2. The molecule has 26 heavy (non-hydrogen) atoms. The molecule has 4 heterocycles. The van der Waals surface area contributed by atoms with Gasteiger partial charge in [-0.25, -0.2) is 15.0 Å². The molecule has 0 aromatic carbocycles.